The Morgan fingerprint density at radius 1 is 1.16 bits per heavy atom. The van der Waals surface area contributed by atoms with Gasteiger partial charge in [-0.25, -0.2) is 0 Å². The van der Waals surface area contributed by atoms with Gasteiger partial charge in [0.1, 0.15) is 5.60 Å². The first kappa shape index (κ1) is 20.6. The second kappa shape index (κ2) is 7.98. The van der Waals surface area contributed by atoms with Crippen LogP contribution < -0.4 is 14.8 Å². The van der Waals surface area contributed by atoms with Gasteiger partial charge in [0, 0.05) is 18.3 Å². The minimum Gasteiger partial charge on any atom is -0.493 e. The molecule has 7 nitrogen and oxygen atoms in total. The highest BCUT2D eigenvalue weighted by Crippen LogP contribution is 2.52. The van der Waals surface area contributed by atoms with Crippen LogP contribution >= 0.6 is 0 Å². The lowest BCUT2D eigenvalue weighted by Crippen LogP contribution is -2.41. The van der Waals surface area contributed by atoms with Gasteiger partial charge in [0.15, 0.2) is 11.5 Å². The van der Waals surface area contributed by atoms with Crippen LogP contribution in [0.15, 0.2) is 60.7 Å². The number of hydrogen-bond donors (Lipinski definition) is 1. The summed E-state index contributed by atoms with van der Waals surface area (Å²) in [6.07, 6.45) is 4.28. The van der Waals surface area contributed by atoms with Gasteiger partial charge in [-0.2, -0.15) is 0 Å². The molecule has 0 saturated carbocycles. The Kier molecular flexibility index (Phi) is 5.13. The minimum absolute atomic E-state index is 0.0137. The zero-order valence-corrected chi connectivity index (χ0v) is 18.1. The molecule has 7 heteroatoms. The van der Waals surface area contributed by atoms with Crippen molar-refractivity contribution in [1.82, 2.24) is 4.90 Å². The van der Waals surface area contributed by atoms with Crippen molar-refractivity contribution >= 4 is 17.5 Å². The fraction of sp³-hybridized carbons (Fsp3) is 0.360. The van der Waals surface area contributed by atoms with Crippen LogP contribution in [0.4, 0.5) is 5.69 Å². The van der Waals surface area contributed by atoms with Gasteiger partial charge in [-0.1, -0.05) is 42.5 Å². The topological polar surface area (TPSA) is 77.1 Å². The predicted octanol–water partition coefficient (Wildman–Crippen LogP) is 2.67. The van der Waals surface area contributed by atoms with Crippen LogP contribution in [-0.2, 0) is 20.7 Å². The molecule has 0 radical (unpaired) electrons. The van der Waals surface area contributed by atoms with Crippen LogP contribution in [0.3, 0.4) is 0 Å². The van der Waals surface area contributed by atoms with Gasteiger partial charge in [-0.15, -0.1) is 0 Å². The number of benzene rings is 2. The summed E-state index contributed by atoms with van der Waals surface area (Å²) in [4.78, 5) is 28.4. The maximum absolute atomic E-state index is 13.3. The molecule has 0 aliphatic carbocycles. The normalized spacial score (nSPS) is 27.5. The number of fused-ring (bicyclic) bond motifs is 1. The van der Waals surface area contributed by atoms with Crippen LogP contribution in [0.1, 0.15) is 5.56 Å². The highest BCUT2D eigenvalue weighted by molar-refractivity contribution is 5.99. The largest absolute Gasteiger partial charge is 0.493 e. The van der Waals surface area contributed by atoms with Gasteiger partial charge in [0.2, 0.25) is 11.8 Å². The Morgan fingerprint density at radius 2 is 1.94 bits per heavy atom. The third kappa shape index (κ3) is 3.33. The third-order valence-electron chi connectivity index (χ3n) is 6.65. The van der Waals surface area contributed by atoms with E-state index >= 15 is 0 Å². The Bertz CT molecular complexity index is 1070. The van der Waals surface area contributed by atoms with Gasteiger partial charge in [0.25, 0.3) is 0 Å². The van der Waals surface area contributed by atoms with Gasteiger partial charge < -0.3 is 24.4 Å². The summed E-state index contributed by atoms with van der Waals surface area (Å²) in [5.74, 6) is -0.210. The lowest BCUT2D eigenvalue weighted by Gasteiger charge is -2.23. The molecule has 4 atom stereocenters. The fourth-order valence-corrected chi connectivity index (χ4v) is 5.12. The number of anilines is 1. The molecule has 2 aromatic rings. The summed E-state index contributed by atoms with van der Waals surface area (Å²) in [5.41, 5.74) is 1.05. The first-order chi connectivity index (χ1) is 15.5. The van der Waals surface area contributed by atoms with Crippen LogP contribution in [-0.4, -0.2) is 55.7 Å². The SMILES string of the molecule is COc1ccc(NC(=O)[C@@H]2[C@H]3C=C[C@@]4(CN(CCc5ccccc5)C(=O)[C@@H]24)O3)cc1OC. The van der Waals surface area contributed by atoms with E-state index in [1.807, 2.05) is 35.3 Å². The summed E-state index contributed by atoms with van der Waals surface area (Å²) < 4.78 is 16.8. The molecule has 32 heavy (non-hydrogen) atoms. The second-order valence-corrected chi connectivity index (χ2v) is 8.45. The zero-order valence-electron chi connectivity index (χ0n) is 18.1. The number of ether oxygens (including phenoxy) is 3. The van der Waals surface area contributed by atoms with E-state index in [2.05, 4.69) is 17.4 Å². The number of carbonyl (C=O) groups excluding carboxylic acids is 2. The molecule has 0 aromatic heterocycles. The molecule has 1 spiro atoms. The molecule has 5 rings (SSSR count). The summed E-state index contributed by atoms with van der Waals surface area (Å²) >= 11 is 0. The smallest absolute Gasteiger partial charge is 0.231 e. The van der Waals surface area contributed by atoms with Gasteiger partial charge in [-0.3, -0.25) is 9.59 Å². The van der Waals surface area contributed by atoms with Crippen LogP contribution in [0, 0.1) is 11.8 Å². The number of hydrogen-bond acceptors (Lipinski definition) is 5. The summed E-state index contributed by atoms with van der Waals surface area (Å²) in [6.45, 7) is 1.09. The van der Waals surface area contributed by atoms with Crippen molar-refractivity contribution in [3.05, 3.63) is 66.2 Å². The molecule has 2 aromatic carbocycles. The van der Waals surface area contributed by atoms with Crippen molar-refractivity contribution < 1.29 is 23.8 Å². The number of carbonyl (C=O) groups is 2. The molecule has 2 saturated heterocycles. The van der Waals surface area contributed by atoms with Gasteiger partial charge in [-0.05, 0) is 24.1 Å². The van der Waals surface area contributed by atoms with E-state index in [-0.39, 0.29) is 17.9 Å². The van der Waals surface area contributed by atoms with Crippen LogP contribution in [0.25, 0.3) is 0 Å². The Labute approximate surface area is 186 Å². The highest BCUT2D eigenvalue weighted by atomic mass is 16.5. The molecule has 2 amide bonds. The third-order valence-corrected chi connectivity index (χ3v) is 6.65. The van der Waals surface area contributed by atoms with Gasteiger partial charge >= 0.3 is 0 Å². The minimum atomic E-state index is -0.710. The number of nitrogens with zero attached hydrogens (tertiary/aromatic N) is 1. The molecule has 3 aliphatic rings. The van der Waals surface area contributed by atoms with E-state index < -0.39 is 17.4 Å². The van der Waals surface area contributed by atoms with Crippen molar-refractivity contribution in [1.29, 1.82) is 0 Å². The summed E-state index contributed by atoms with van der Waals surface area (Å²) in [7, 11) is 3.10. The number of rotatable bonds is 7. The Morgan fingerprint density at radius 3 is 2.69 bits per heavy atom. The van der Waals surface area contributed by atoms with Crippen molar-refractivity contribution in [3.63, 3.8) is 0 Å². The predicted molar refractivity (Wildman–Crippen MR) is 119 cm³/mol. The first-order valence-electron chi connectivity index (χ1n) is 10.8. The second-order valence-electron chi connectivity index (χ2n) is 8.45. The lowest BCUT2D eigenvalue weighted by atomic mass is 9.77. The van der Waals surface area contributed by atoms with Crippen molar-refractivity contribution in [3.8, 4) is 11.5 Å². The van der Waals surface area contributed by atoms with Crippen LogP contribution in [0.2, 0.25) is 0 Å². The average Bonchev–Trinajstić information content (AvgIpc) is 3.46. The van der Waals surface area contributed by atoms with E-state index in [1.54, 1.807) is 32.4 Å². The maximum atomic E-state index is 13.3. The molecule has 3 aliphatic heterocycles. The van der Waals surface area contributed by atoms with E-state index in [0.29, 0.717) is 30.3 Å². The number of methoxy groups -OCH3 is 2. The molecular formula is C25H26N2O5. The summed E-state index contributed by atoms with van der Waals surface area (Å²) in [6, 6.07) is 15.3. The Balaban J connectivity index is 1.32. The summed E-state index contributed by atoms with van der Waals surface area (Å²) in [5, 5.41) is 2.94. The maximum Gasteiger partial charge on any atom is 0.231 e. The monoisotopic (exact) mass is 434 g/mol. The quantitative estimate of drug-likeness (QED) is 0.678. The zero-order chi connectivity index (χ0) is 22.3. The Hall–Kier alpha value is -3.32. The van der Waals surface area contributed by atoms with Crippen molar-refractivity contribution in [2.45, 2.75) is 18.1 Å². The molecule has 0 unspecified atom stereocenters. The van der Waals surface area contributed by atoms with Crippen LogP contribution in [0.5, 0.6) is 11.5 Å². The molecule has 3 heterocycles. The van der Waals surface area contributed by atoms with Crippen molar-refractivity contribution in [2.75, 3.05) is 32.6 Å². The van der Waals surface area contributed by atoms with E-state index in [9.17, 15) is 9.59 Å². The molecule has 1 N–H and O–H groups in total. The number of likely N-dealkylation sites (tertiary alicyclic amines) is 1. The first-order valence-corrected chi connectivity index (χ1v) is 10.8. The highest BCUT2D eigenvalue weighted by Gasteiger charge is 2.66. The average molecular weight is 434 g/mol. The molecule has 2 bridgehead atoms. The standard InChI is InChI=1S/C25H26N2O5/c1-30-18-9-8-17(14-20(18)31-2)26-23(28)21-19-10-12-25(32-19)15-27(24(29)22(21)25)13-11-16-6-4-3-5-7-16/h3-10,12,14,19,21-22H,11,13,15H2,1-2H3,(H,26,28)/t19-,21-,22-,25+/m1/s1. The van der Waals surface area contributed by atoms with Crippen molar-refractivity contribution in [2.24, 2.45) is 11.8 Å². The van der Waals surface area contributed by atoms with E-state index in [4.69, 9.17) is 14.2 Å². The van der Waals surface area contributed by atoms with E-state index in [0.717, 1.165) is 6.42 Å². The molecule has 2 fully saturated rings. The fourth-order valence-electron chi connectivity index (χ4n) is 5.12. The number of amides is 2. The molecule has 166 valence electrons. The molecular weight excluding hydrogens is 408 g/mol. The van der Waals surface area contributed by atoms with E-state index in [1.165, 1.54) is 5.56 Å². The number of nitrogens with one attached hydrogen (secondary N) is 1. The van der Waals surface area contributed by atoms with Gasteiger partial charge in [0.05, 0.1) is 38.7 Å². The lowest BCUT2D eigenvalue weighted by molar-refractivity contribution is -0.135.